The van der Waals surface area contributed by atoms with Gasteiger partial charge >= 0.3 is 5.97 Å². The first kappa shape index (κ1) is 7.50. The second-order valence-electron chi connectivity index (χ2n) is 2.41. The fraction of sp³-hybridized carbons (Fsp3) is 0.833. The lowest BCUT2D eigenvalue weighted by atomic mass is 10.2. The molecule has 1 heterocycles. The minimum Gasteiger partial charge on any atom is -0.478 e. The minimum atomic E-state index is -0.938. The molecule has 2 atom stereocenters. The summed E-state index contributed by atoms with van der Waals surface area (Å²) in [7, 11) is 0. The van der Waals surface area contributed by atoms with Crippen LogP contribution in [0.5, 0.6) is 0 Å². The standard InChI is InChI=1S/C6H11NO3/c1-4-2-3-7-5(10-4)6(8)9/h4-5,7H,2-3H2,1H3,(H,8,9). The van der Waals surface area contributed by atoms with Gasteiger partial charge in [0.25, 0.3) is 0 Å². The summed E-state index contributed by atoms with van der Waals surface area (Å²) in [5.41, 5.74) is 0. The lowest BCUT2D eigenvalue weighted by Gasteiger charge is -2.25. The van der Waals surface area contributed by atoms with Gasteiger partial charge < -0.3 is 9.84 Å². The van der Waals surface area contributed by atoms with Gasteiger partial charge in [0.05, 0.1) is 6.10 Å². The molecule has 1 aliphatic rings. The molecule has 2 N–H and O–H groups in total. The Morgan fingerprint density at radius 1 is 1.80 bits per heavy atom. The summed E-state index contributed by atoms with van der Waals surface area (Å²) in [6.07, 6.45) is 0.134. The predicted octanol–water partition coefficient (Wildman–Crippen LogP) is -0.205. The van der Waals surface area contributed by atoms with Crippen molar-refractivity contribution < 1.29 is 14.6 Å². The van der Waals surface area contributed by atoms with Gasteiger partial charge in [-0.25, -0.2) is 4.79 Å². The van der Waals surface area contributed by atoms with E-state index in [0.717, 1.165) is 13.0 Å². The summed E-state index contributed by atoms with van der Waals surface area (Å²) in [6, 6.07) is 0. The van der Waals surface area contributed by atoms with Crippen LogP contribution in [0, 0.1) is 0 Å². The Morgan fingerprint density at radius 2 is 2.50 bits per heavy atom. The highest BCUT2D eigenvalue weighted by atomic mass is 16.5. The number of hydrogen-bond acceptors (Lipinski definition) is 3. The summed E-state index contributed by atoms with van der Waals surface area (Å²) >= 11 is 0. The lowest BCUT2D eigenvalue weighted by Crippen LogP contribution is -2.46. The van der Waals surface area contributed by atoms with Crippen molar-refractivity contribution >= 4 is 5.97 Å². The molecule has 2 unspecified atom stereocenters. The Hall–Kier alpha value is -0.610. The maximum atomic E-state index is 10.3. The summed E-state index contributed by atoms with van der Waals surface area (Å²) in [5.74, 6) is -0.938. The number of aliphatic carboxylic acids is 1. The van der Waals surface area contributed by atoms with Crippen LogP contribution in [0.3, 0.4) is 0 Å². The van der Waals surface area contributed by atoms with Gasteiger partial charge in [-0.05, 0) is 13.3 Å². The van der Waals surface area contributed by atoms with Gasteiger partial charge in [-0.3, -0.25) is 5.32 Å². The fourth-order valence-corrected chi connectivity index (χ4v) is 0.912. The Balaban J connectivity index is 2.39. The van der Waals surface area contributed by atoms with Gasteiger partial charge in [-0.15, -0.1) is 0 Å². The zero-order chi connectivity index (χ0) is 7.56. The Labute approximate surface area is 59.2 Å². The van der Waals surface area contributed by atoms with Crippen molar-refractivity contribution in [3.8, 4) is 0 Å². The van der Waals surface area contributed by atoms with Crippen molar-refractivity contribution in [3.63, 3.8) is 0 Å². The third kappa shape index (κ3) is 1.68. The van der Waals surface area contributed by atoms with Crippen LogP contribution >= 0.6 is 0 Å². The monoisotopic (exact) mass is 145 g/mol. The predicted molar refractivity (Wildman–Crippen MR) is 34.6 cm³/mol. The van der Waals surface area contributed by atoms with Crippen molar-refractivity contribution in [2.45, 2.75) is 25.7 Å². The highest BCUT2D eigenvalue weighted by molar-refractivity contribution is 5.71. The third-order valence-corrected chi connectivity index (χ3v) is 1.47. The van der Waals surface area contributed by atoms with Gasteiger partial charge in [0, 0.05) is 6.54 Å². The Morgan fingerprint density at radius 3 is 2.90 bits per heavy atom. The molecule has 0 spiro atoms. The molecular formula is C6H11NO3. The normalized spacial score (nSPS) is 33.7. The molecule has 0 saturated carbocycles. The van der Waals surface area contributed by atoms with Crippen molar-refractivity contribution in [2.24, 2.45) is 0 Å². The summed E-state index contributed by atoms with van der Waals surface area (Å²) < 4.78 is 5.04. The highest BCUT2D eigenvalue weighted by Gasteiger charge is 2.23. The van der Waals surface area contributed by atoms with E-state index in [-0.39, 0.29) is 6.10 Å². The van der Waals surface area contributed by atoms with E-state index in [4.69, 9.17) is 9.84 Å². The molecule has 0 bridgehead atoms. The van der Waals surface area contributed by atoms with Crippen LogP contribution in [-0.2, 0) is 9.53 Å². The van der Waals surface area contributed by atoms with Crippen molar-refractivity contribution in [1.82, 2.24) is 5.32 Å². The molecule has 0 radical (unpaired) electrons. The van der Waals surface area contributed by atoms with Crippen LogP contribution in [-0.4, -0.2) is 30.0 Å². The van der Waals surface area contributed by atoms with E-state index in [1.165, 1.54) is 0 Å². The number of rotatable bonds is 1. The molecular weight excluding hydrogens is 134 g/mol. The molecule has 1 saturated heterocycles. The van der Waals surface area contributed by atoms with E-state index in [2.05, 4.69) is 5.32 Å². The van der Waals surface area contributed by atoms with Gasteiger partial charge in [-0.1, -0.05) is 0 Å². The molecule has 4 nitrogen and oxygen atoms in total. The third-order valence-electron chi connectivity index (χ3n) is 1.47. The SMILES string of the molecule is CC1CCNC(C(=O)O)O1. The molecule has 0 aromatic heterocycles. The van der Waals surface area contributed by atoms with Gasteiger partial charge in [0.15, 0.2) is 0 Å². The van der Waals surface area contributed by atoms with Crippen LogP contribution in [0.2, 0.25) is 0 Å². The first-order valence-electron chi connectivity index (χ1n) is 3.32. The van der Waals surface area contributed by atoms with E-state index >= 15 is 0 Å². The summed E-state index contributed by atoms with van der Waals surface area (Å²) in [5, 5.41) is 11.2. The number of hydrogen-bond donors (Lipinski definition) is 2. The average Bonchev–Trinajstić information content (AvgIpc) is 1.88. The lowest BCUT2D eigenvalue weighted by molar-refractivity contribution is -0.160. The summed E-state index contributed by atoms with van der Waals surface area (Å²) in [6.45, 7) is 2.59. The first-order valence-corrected chi connectivity index (χ1v) is 3.32. The number of ether oxygens (including phenoxy) is 1. The molecule has 0 amide bonds. The van der Waals surface area contributed by atoms with Gasteiger partial charge in [0.1, 0.15) is 0 Å². The minimum absolute atomic E-state index is 0.0577. The molecule has 10 heavy (non-hydrogen) atoms. The van der Waals surface area contributed by atoms with Crippen LogP contribution in [0.25, 0.3) is 0 Å². The quantitative estimate of drug-likeness (QED) is 0.536. The van der Waals surface area contributed by atoms with Crippen LogP contribution in [0.1, 0.15) is 13.3 Å². The summed E-state index contributed by atoms with van der Waals surface area (Å²) in [4.78, 5) is 10.3. The molecule has 1 rings (SSSR count). The molecule has 0 aromatic rings. The number of carboxylic acids is 1. The molecule has 1 fully saturated rings. The average molecular weight is 145 g/mol. The van der Waals surface area contributed by atoms with Gasteiger partial charge in [-0.2, -0.15) is 0 Å². The van der Waals surface area contributed by atoms with E-state index in [0.29, 0.717) is 0 Å². The topological polar surface area (TPSA) is 58.6 Å². The number of nitrogens with one attached hydrogen (secondary N) is 1. The van der Waals surface area contributed by atoms with Crippen molar-refractivity contribution in [2.75, 3.05) is 6.54 Å². The molecule has 0 aromatic carbocycles. The maximum absolute atomic E-state index is 10.3. The van der Waals surface area contributed by atoms with E-state index in [1.54, 1.807) is 0 Å². The molecule has 58 valence electrons. The van der Waals surface area contributed by atoms with Crippen LogP contribution in [0.15, 0.2) is 0 Å². The van der Waals surface area contributed by atoms with Crippen LogP contribution in [0.4, 0.5) is 0 Å². The van der Waals surface area contributed by atoms with E-state index in [1.807, 2.05) is 6.92 Å². The molecule has 1 aliphatic heterocycles. The van der Waals surface area contributed by atoms with Crippen molar-refractivity contribution in [1.29, 1.82) is 0 Å². The number of carboxylic acid groups (broad SMARTS) is 1. The number of carbonyl (C=O) groups is 1. The zero-order valence-electron chi connectivity index (χ0n) is 5.83. The first-order chi connectivity index (χ1) is 4.70. The van der Waals surface area contributed by atoms with Crippen molar-refractivity contribution in [3.05, 3.63) is 0 Å². The smallest absolute Gasteiger partial charge is 0.348 e. The van der Waals surface area contributed by atoms with E-state index in [9.17, 15) is 4.79 Å². The van der Waals surface area contributed by atoms with Crippen LogP contribution < -0.4 is 5.32 Å². The molecule has 4 heteroatoms. The van der Waals surface area contributed by atoms with Gasteiger partial charge in [0.2, 0.25) is 6.23 Å². The van der Waals surface area contributed by atoms with E-state index < -0.39 is 12.2 Å². The maximum Gasteiger partial charge on any atom is 0.348 e. The fourth-order valence-electron chi connectivity index (χ4n) is 0.912. The Kier molecular flexibility index (Phi) is 2.24. The largest absolute Gasteiger partial charge is 0.478 e. The zero-order valence-corrected chi connectivity index (χ0v) is 5.83. The Bertz CT molecular complexity index is 137. The molecule has 0 aliphatic carbocycles. The second kappa shape index (κ2) is 2.98. The second-order valence-corrected chi connectivity index (χ2v) is 2.41. The highest BCUT2D eigenvalue weighted by Crippen LogP contribution is 2.05.